The van der Waals surface area contributed by atoms with Gasteiger partial charge < -0.3 is 4.74 Å². The molecular weight excluding hydrogens is 172 g/mol. The first-order chi connectivity index (χ1) is 6.56. The minimum absolute atomic E-state index is 0.614. The van der Waals surface area contributed by atoms with Gasteiger partial charge in [-0.05, 0) is 38.8 Å². The second-order valence-electron chi connectivity index (χ2n) is 3.79. The SMILES string of the molecule is C=C(C)CO/C(C)=C/C=C(\C)CCC. The maximum atomic E-state index is 5.45. The summed E-state index contributed by atoms with van der Waals surface area (Å²) in [7, 11) is 0. The summed E-state index contributed by atoms with van der Waals surface area (Å²) in [6.45, 7) is 12.7. The molecule has 80 valence electrons. The smallest absolute Gasteiger partial charge is 0.108 e. The normalized spacial score (nSPS) is 12.9. The summed E-state index contributed by atoms with van der Waals surface area (Å²) in [5.41, 5.74) is 2.44. The lowest BCUT2D eigenvalue weighted by atomic mass is 10.1. The Kier molecular flexibility index (Phi) is 6.91. The maximum absolute atomic E-state index is 5.45. The predicted molar refractivity (Wildman–Crippen MR) is 63.2 cm³/mol. The largest absolute Gasteiger partial charge is 0.494 e. The molecular formula is C13H22O. The Labute approximate surface area is 88.2 Å². The van der Waals surface area contributed by atoms with E-state index in [4.69, 9.17) is 4.74 Å². The summed E-state index contributed by atoms with van der Waals surface area (Å²) in [6, 6.07) is 0. The van der Waals surface area contributed by atoms with E-state index in [0.717, 1.165) is 17.8 Å². The van der Waals surface area contributed by atoms with Crippen LogP contribution in [0.5, 0.6) is 0 Å². The van der Waals surface area contributed by atoms with Gasteiger partial charge in [0, 0.05) is 0 Å². The molecule has 0 atom stereocenters. The third kappa shape index (κ3) is 7.66. The van der Waals surface area contributed by atoms with Crippen LogP contribution in [0.1, 0.15) is 40.5 Å². The average Bonchev–Trinajstić information content (AvgIpc) is 2.12. The van der Waals surface area contributed by atoms with E-state index in [9.17, 15) is 0 Å². The van der Waals surface area contributed by atoms with Crippen LogP contribution >= 0.6 is 0 Å². The zero-order chi connectivity index (χ0) is 11.0. The van der Waals surface area contributed by atoms with Gasteiger partial charge in [0.15, 0.2) is 0 Å². The molecule has 0 unspecified atom stereocenters. The van der Waals surface area contributed by atoms with Crippen LogP contribution < -0.4 is 0 Å². The average molecular weight is 194 g/mol. The van der Waals surface area contributed by atoms with Crippen molar-refractivity contribution < 1.29 is 4.74 Å². The van der Waals surface area contributed by atoms with Crippen LogP contribution in [0.15, 0.2) is 35.6 Å². The van der Waals surface area contributed by atoms with Gasteiger partial charge >= 0.3 is 0 Å². The molecule has 1 heteroatoms. The number of allylic oxidation sites excluding steroid dienone is 4. The van der Waals surface area contributed by atoms with Crippen molar-refractivity contribution in [1.29, 1.82) is 0 Å². The molecule has 1 nitrogen and oxygen atoms in total. The molecule has 0 bridgehead atoms. The van der Waals surface area contributed by atoms with Gasteiger partial charge in [-0.3, -0.25) is 0 Å². The van der Waals surface area contributed by atoms with Crippen molar-refractivity contribution in [2.75, 3.05) is 6.61 Å². The first kappa shape index (κ1) is 13.0. The molecule has 0 fully saturated rings. The Bertz CT molecular complexity index is 234. The number of rotatable bonds is 6. The summed E-state index contributed by atoms with van der Waals surface area (Å²) in [5, 5.41) is 0. The van der Waals surface area contributed by atoms with Crippen LogP contribution in [-0.2, 0) is 4.74 Å². The molecule has 0 saturated carbocycles. The van der Waals surface area contributed by atoms with Gasteiger partial charge in [-0.25, -0.2) is 0 Å². The second-order valence-corrected chi connectivity index (χ2v) is 3.79. The molecule has 0 amide bonds. The van der Waals surface area contributed by atoms with Crippen LogP contribution in [0.2, 0.25) is 0 Å². The van der Waals surface area contributed by atoms with E-state index in [0.29, 0.717) is 6.61 Å². The molecule has 14 heavy (non-hydrogen) atoms. The van der Waals surface area contributed by atoms with E-state index in [1.807, 2.05) is 19.9 Å². The van der Waals surface area contributed by atoms with E-state index in [2.05, 4.69) is 26.5 Å². The van der Waals surface area contributed by atoms with Crippen molar-refractivity contribution in [2.24, 2.45) is 0 Å². The summed E-state index contributed by atoms with van der Waals surface area (Å²) in [4.78, 5) is 0. The van der Waals surface area contributed by atoms with Crippen molar-refractivity contribution in [3.8, 4) is 0 Å². The van der Waals surface area contributed by atoms with Crippen molar-refractivity contribution in [3.05, 3.63) is 35.6 Å². The van der Waals surface area contributed by atoms with Crippen LogP contribution in [0.25, 0.3) is 0 Å². The van der Waals surface area contributed by atoms with Gasteiger partial charge in [0.2, 0.25) is 0 Å². The highest BCUT2D eigenvalue weighted by Gasteiger charge is 1.89. The Hall–Kier alpha value is -0.980. The van der Waals surface area contributed by atoms with Crippen LogP contribution in [0.4, 0.5) is 0 Å². The number of hydrogen-bond donors (Lipinski definition) is 0. The lowest BCUT2D eigenvalue weighted by Crippen LogP contribution is -1.91. The molecule has 0 aliphatic rings. The van der Waals surface area contributed by atoms with Crippen LogP contribution in [0.3, 0.4) is 0 Å². The molecule has 0 spiro atoms. The number of hydrogen-bond acceptors (Lipinski definition) is 1. The van der Waals surface area contributed by atoms with E-state index >= 15 is 0 Å². The first-order valence-corrected chi connectivity index (χ1v) is 5.17. The molecule has 0 saturated heterocycles. The van der Waals surface area contributed by atoms with Crippen LogP contribution in [0, 0.1) is 0 Å². The zero-order valence-electron chi connectivity index (χ0n) is 9.89. The fourth-order valence-electron chi connectivity index (χ4n) is 1.02. The quantitative estimate of drug-likeness (QED) is 0.349. The van der Waals surface area contributed by atoms with Gasteiger partial charge in [0.1, 0.15) is 6.61 Å². The fraction of sp³-hybridized carbons (Fsp3) is 0.538. The first-order valence-electron chi connectivity index (χ1n) is 5.17. The van der Waals surface area contributed by atoms with Crippen LogP contribution in [-0.4, -0.2) is 6.61 Å². The Balaban J connectivity index is 3.97. The molecule has 0 aromatic rings. The van der Waals surface area contributed by atoms with E-state index in [1.54, 1.807) is 0 Å². The van der Waals surface area contributed by atoms with Crippen molar-refractivity contribution in [1.82, 2.24) is 0 Å². The topological polar surface area (TPSA) is 9.23 Å². The lowest BCUT2D eigenvalue weighted by Gasteiger charge is -2.04. The molecule has 0 N–H and O–H groups in total. The molecule has 0 heterocycles. The molecule has 0 aromatic heterocycles. The van der Waals surface area contributed by atoms with Gasteiger partial charge in [-0.2, -0.15) is 0 Å². The standard InChI is InChI=1S/C13H22O/c1-6-7-12(4)8-9-13(5)14-10-11(2)3/h8-9H,2,6-7,10H2,1,3-5H3/b12-8+,13-9+. The second kappa shape index (κ2) is 7.43. The van der Waals surface area contributed by atoms with Gasteiger partial charge in [-0.15, -0.1) is 0 Å². The van der Waals surface area contributed by atoms with E-state index in [1.165, 1.54) is 12.0 Å². The predicted octanol–water partition coefficient (Wildman–Crippen LogP) is 4.23. The Morgan fingerprint density at radius 2 is 1.86 bits per heavy atom. The highest BCUT2D eigenvalue weighted by molar-refractivity contribution is 5.12. The Morgan fingerprint density at radius 3 is 2.36 bits per heavy atom. The minimum atomic E-state index is 0.614. The summed E-state index contributed by atoms with van der Waals surface area (Å²) in [5.74, 6) is 0.948. The summed E-state index contributed by atoms with van der Waals surface area (Å²) in [6.07, 6.45) is 6.50. The third-order valence-electron chi connectivity index (χ3n) is 1.79. The van der Waals surface area contributed by atoms with Gasteiger partial charge in [0.05, 0.1) is 5.76 Å². The molecule has 0 rings (SSSR count). The highest BCUT2D eigenvalue weighted by Crippen LogP contribution is 2.05. The van der Waals surface area contributed by atoms with Crippen molar-refractivity contribution in [3.63, 3.8) is 0 Å². The minimum Gasteiger partial charge on any atom is -0.494 e. The van der Waals surface area contributed by atoms with Crippen molar-refractivity contribution >= 4 is 0 Å². The van der Waals surface area contributed by atoms with Gasteiger partial charge in [-0.1, -0.05) is 31.6 Å². The Morgan fingerprint density at radius 1 is 1.21 bits per heavy atom. The third-order valence-corrected chi connectivity index (χ3v) is 1.79. The highest BCUT2D eigenvalue weighted by atomic mass is 16.5. The molecule has 0 aromatic carbocycles. The molecule has 0 aliphatic carbocycles. The van der Waals surface area contributed by atoms with E-state index < -0.39 is 0 Å². The molecule has 0 radical (unpaired) electrons. The fourth-order valence-corrected chi connectivity index (χ4v) is 1.02. The summed E-state index contributed by atoms with van der Waals surface area (Å²) >= 11 is 0. The molecule has 0 aliphatic heterocycles. The monoisotopic (exact) mass is 194 g/mol. The zero-order valence-corrected chi connectivity index (χ0v) is 9.89. The van der Waals surface area contributed by atoms with Crippen molar-refractivity contribution in [2.45, 2.75) is 40.5 Å². The van der Waals surface area contributed by atoms with E-state index in [-0.39, 0.29) is 0 Å². The number of ether oxygens (including phenoxy) is 1. The van der Waals surface area contributed by atoms with Gasteiger partial charge in [0.25, 0.3) is 0 Å². The summed E-state index contributed by atoms with van der Waals surface area (Å²) < 4.78 is 5.45. The maximum Gasteiger partial charge on any atom is 0.108 e. The lowest BCUT2D eigenvalue weighted by molar-refractivity contribution is 0.242.